The summed E-state index contributed by atoms with van der Waals surface area (Å²) in [6.07, 6.45) is 0. The highest BCUT2D eigenvalue weighted by Crippen LogP contribution is 2.12. The van der Waals surface area contributed by atoms with Crippen LogP contribution in [0.5, 0.6) is 0 Å². The number of aryl methyl sites for hydroxylation is 3. The highest BCUT2D eigenvalue weighted by atomic mass is 127. The zero-order valence-corrected chi connectivity index (χ0v) is 15.0. The van der Waals surface area contributed by atoms with Crippen molar-refractivity contribution in [2.24, 2.45) is 10.7 Å². The smallest absolute Gasteiger partial charge is 0.193 e. The first-order valence-corrected chi connectivity index (χ1v) is 6.74. The van der Waals surface area contributed by atoms with Crippen molar-refractivity contribution in [2.75, 3.05) is 5.32 Å². The number of guanidine groups is 1. The molecule has 3 nitrogen and oxygen atoms in total. The van der Waals surface area contributed by atoms with Gasteiger partial charge in [0.1, 0.15) is 0 Å². The fourth-order valence-electron chi connectivity index (χ4n) is 2.10. The van der Waals surface area contributed by atoms with Crippen LogP contribution in [0.1, 0.15) is 22.3 Å². The maximum atomic E-state index is 5.92. The van der Waals surface area contributed by atoms with Gasteiger partial charge in [0.05, 0.1) is 6.54 Å². The minimum atomic E-state index is 0. The highest BCUT2D eigenvalue weighted by Gasteiger charge is 1.99. The lowest BCUT2D eigenvalue weighted by Crippen LogP contribution is -2.22. The molecule has 0 aliphatic carbocycles. The van der Waals surface area contributed by atoms with Gasteiger partial charge in [-0.2, -0.15) is 0 Å². The Morgan fingerprint density at radius 1 is 1.05 bits per heavy atom. The molecule has 0 saturated carbocycles. The van der Waals surface area contributed by atoms with E-state index in [9.17, 15) is 0 Å². The summed E-state index contributed by atoms with van der Waals surface area (Å²) in [6.45, 7) is 6.83. The van der Waals surface area contributed by atoms with E-state index in [1.54, 1.807) is 0 Å². The van der Waals surface area contributed by atoms with Gasteiger partial charge in [0.15, 0.2) is 5.96 Å². The molecular weight excluding hydrogens is 373 g/mol. The molecule has 3 N–H and O–H groups in total. The minimum absolute atomic E-state index is 0. The summed E-state index contributed by atoms with van der Waals surface area (Å²) in [7, 11) is 0. The first-order chi connectivity index (χ1) is 9.54. The summed E-state index contributed by atoms with van der Waals surface area (Å²) in [4.78, 5) is 4.39. The van der Waals surface area contributed by atoms with E-state index in [4.69, 9.17) is 5.73 Å². The highest BCUT2D eigenvalue weighted by molar-refractivity contribution is 14.0. The molecule has 2 aromatic rings. The quantitative estimate of drug-likeness (QED) is 0.466. The number of hydrogen-bond donors (Lipinski definition) is 2. The summed E-state index contributed by atoms with van der Waals surface area (Å²) in [5.41, 5.74) is 11.8. The van der Waals surface area contributed by atoms with Gasteiger partial charge in [-0.1, -0.05) is 35.9 Å². The largest absolute Gasteiger partial charge is 0.370 e. The lowest BCUT2D eigenvalue weighted by molar-refractivity contribution is 1.04. The fraction of sp³-hybridized carbons (Fsp3) is 0.235. The molecule has 0 saturated heterocycles. The van der Waals surface area contributed by atoms with Gasteiger partial charge in [-0.3, -0.25) is 0 Å². The third-order valence-electron chi connectivity index (χ3n) is 3.21. The average Bonchev–Trinajstić information content (AvgIpc) is 2.37. The summed E-state index contributed by atoms with van der Waals surface area (Å²) < 4.78 is 0. The maximum absolute atomic E-state index is 5.92. The molecule has 0 aliphatic rings. The molecule has 0 spiro atoms. The van der Waals surface area contributed by atoms with Crippen molar-refractivity contribution < 1.29 is 0 Å². The first-order valence-electron chi connectivity index (χ1n) is 6.74. The molecule has 0 aliphatic heterocycles. The Balaban J connectivity index is 0.00000220. The number of anilines is 1. The second-order valence-corrected chi connectivity index (χ2v) is 5.13. The minimum Gasteiger partial charge on any atom is -0.370 e. The monoisotopic (exact) mass is 395 g/mol. The number of halogens is 1. The zero-order valence-electron chi connectivity index (χ0n) is 12.7. The van der Waals surface area contributed by atoms with Crippen molar-refractivity contribution in [3.63, 3.8) is 0 Å². The number of nitrogens with zero attached hydrogens (tertiary/aromatic N) is 1. The third-order valence-corrected chi connectivity index (χ3v) is 3.21. The van der Waals surface area contributed by atoms with Crippen LogP contribution in [-0.2, 0) is 6.54 Å². The van der Waals surface area contributed by atoms with Gasteiger partial charge in [0.25, 0.3) is 0 Å². The van der Waals surface area contributed by atoms with Crippen LogP contribution in [-0.4, -0.2) is 5.96 Å². The van der Waals surface area contributed by atoms with E-state index in [0.717, 1.165) is 5.69 Å². The molecule has 0 radical (unpaired) electrons. The summed E-state index contributed by atoms with van der Waals surface area (Å²) in [5.74, 6) is 0.440. The van der Waals surface area contributed by atoms with Gasteiger partial charge in [-0.25, -0.2) is 4.99 Å². The SMILES string of the molecule is Cc1cccc(NC(N)=NCc2ccc(C)cc2C)c1.I. The first kappa shape index (κ1) is 17.5. The van der Waals surface area contributed by atoms with E-state index in [2.05, 4.69) is 42.4 Å². The molecule has 0 amide bonds. The molecule has 2 aromatic carbocycles. The predicted octanol–water partition coefficient (Wildman–Crippen LogP) is 4.16. The molecule has 0 bridgehead atoms. The van der Waals surface area contributed by atoms with Gasteiger partial charge in [-0.15, -0.1) is 24.0 Å². The molecule has 4 heteroatoms. The van der Waals surface area contributed by atoms with E-state index in [-0.39, 0.29) is 24.0 Å². The lowest BCUT2D eigenvalue weighted by Gasteiger charge is -2.08. The van der Waals surface area contributed by atoms with Crippen LogP contribution in [0.15, 0.2) is 47.5 Å². The second kappa shape index (κ2) is 8.02. The van der Waals surface area contributed by atoms with E-state index < -0.39 is 0 Å². The predicted molar refractivity (Wildman–Crippen MR) is 101 cm³/mol. The summed E-state index contributed by atoms with van der Waals surface area (Å²) in [6, 6.07) is 14.4. The van der Waals surface area contributed by atoms with Gasteiger partial charge in [0.2, 0.25) is 0 Å². The molecule has 0 unspecified atom stereocenters. The van der Waals surface area contributed by atoms with Crippen LogP contribution in [0.25, 0.3) is 0 Å². The Bertz CT molecular complexity index is 636. The van der Waals surface area contributed by atoms with E-state index in [0.29, 0.717) is 12.5 Å². The van der Waals surface area contributed by atoms with Crippen LogP contribution >= 0.6 is 24.0 Å². The molecule has 0 fully saturated rings. The van der Waals surface area contributed by atoms with Gasteiger partial charge < -0.3 is 11.1 Å². The van der Waals surface area contributed by atoms with Crippen molar-refractivity contribution in [3.05, 3.63) is 64.7 Å². The Hall–Kier alpha value is -1.56. The van der Waals surface area contributed by atoms with Crippen LogP contribution in [0, 0.1) is 20.8 Å². The Kier molecular flexibility index (Phi) is 6.68. The number of rotatable bonds is 3. The van der Waals surface area contributed by atoms with Crippen LogP contribution in [0.3, 0.4) is 0 Å². The van der Waals surface area contributed by atoms with Gasteiger partial charge in [0, 0.05) is 5.69 Å². The number of nitrogens with one attached hydrogen (secondary N) is 1. The van der Waals surface area contributed by atoms with Crippen LogP contribution in [0.4, 0.5) is 5.69 Å². The number of nitrogens with two attached hydrogens (primary N) is 1. The number of hydrogen-bond acceptors (Lipinski definition) is 1. The molecule has 0 atom stereocenters. The van der Waals surface area contributed by atoms with Crippen molar-refractivity contribution in [1.82, 2.24) is 0 Å². The number of benzene rings is 2. The van der Waals surface area contributed by atoms with Crippen molar-refractivity contribution in [1.29, 1.82) is 0 Å². The molecule has 0 aromatic heterocycles. The van der Waals surface area contributed by atoms with E-state index in [1.165, 1.54) is 22.3 Å². The standard InChI is InChI=1S/C17H21N3.HI/c1-12-5-4-6-16(10-12)20-17(18)19-11-15-8-7-13(2)9-14(15)3;/h4-10H,11H2,1-3H3,(H3,18,19,20);1H. The van der Waals surface area contributed by atoms with Crippen molar-refractivity contribution in [3.8, 4) is 0 Å². The van der Waals surface area contributed by atoms with E-state index in [1.807, 2.05) is 31.2 Å². The Morgan fingerprint density at radius 2 is 1.76 bits per heavy atom. The topological polar surface area (TPSA) is 50.4 Å². The molecule has 2 rings (SSSR count). The number of aliphatic imine (C=N–C) groups is 1. The maximum Gasteiger partial charge on any atom is 0.193 e. The second-order valence-electron chi connectivity index (χ2n) is 5.13. The Labute approximate surface area is 143 Å². The molecular formula is C17H22IN3. The van der Waals surface area contributed by atoms with Crippen LogP contribution < -0.4 is 11.1 Å². The Morgan fingerprint density at radius 3 is 2.43 bits per heavy atom. The van der Waals surface area contributed by atoms with E-state index >= 15 is 0 Å². The zero-order chi connectivity index (χ0) is 14.5. The summed E-state index contributed by atoms with van der Waals surface area (Å²) >= 11 is 0. The fourth-order valence-corrected chi connectivity index (χ4v) is 2.10. The normalized spacial score (nSPS) is 10.9. The van der Waals surface area contributed by atoms with Crippen molar-refractivity contribution >= 4 is 35.6 Å². The molecule has 112 valence electrons. The van der Waals surface area contributed by atoms with Gasteiger partial charge in [-0.05, 0) is 49.6 Å². The van der Waals surface area contributed by atoms with Crippen LogP contribution in [0.2, 0.25) is 0 Å². The average molecular weight is 395 g/mol. The van der Waals surface area contributed by atoms with Gasteiger partial charge >= 0.3 is 0 Å². The summed E-state index contributed by atoms with van der Waals surface area (Å²) in [5, 5.41) is 3.11. The molecule has 21 heavy (non-hydrogen) atoms. The van der Waals surface area contributed by atoms with Crippen molar-refractivity contribution in [2.45, 2.75) is 27.3 Å². The lowest BCUT2D eigenvalue weighted by atomic mass is 10.1. The third kappa shape index (κ3) is 5.38. The molecule has 0 heterocycles.